The Morgan fingerprint density at radius 2 is 1.56 bits per heavy atom. The standard InChI is InChI=1S/C30H36ClN3O4S/c1-4-5-19-32-30(36)28(20-24-9-7-6-8-10-24)34(21-25-13-15-26(31)16-14-25)29(35)22-33(3)39(37,38)27-17-11-23(2)12-18-27/h6-18,28H,4-5,19-22H2,1-3H3,(H,32,36). The number of sulfonamides is 1. The molecule has 0 radical (unpaired) electrons. The van der Waals surface area contributed by atoms with Gasteiger partial charge in [0.1, 0.15) is 6.04 Å². The van der Waals surface area contributed by atoms with E-state index in [4.69, 9.17) is 11.6 Å². The molecule has 0 aliphatic heterocycles. The molecule has 3 aromatic carbocycles. The highest BCUT2D eigenvalue weighted by Crippen LogP contribution is 2.19. The number of likely N-dealkylation sites (N-methyl/N-ethyl adjacent to an activating group) is 1. The molecule has 0 bridgehead atoms. The molecule has 1 N–H and O–H groups in total. The summed E-state index contributed by atoms with van der Waals surface area (Å²) in [5, 5.41) is 3.52. The molecule has 0 aromatic heterocycles. The molecule has 2 amide bonds. The van der Waals surface area contributed by atoms with E-state index in [9.17, 15) is 18.0 Å². The first-order valence-electron chi connectivity index (χ1n) is 13.0. The van der Waals surface area contributed by atoms with E-state index in [1.807, 2.05) is 44.2 Å². The van der Waals surface area contributed by atoms with Crippen molar-refractivity contribution >= 4 is 33.4 Å². The smallest absolute Gasteiger partial charge is 0.243 e. The van der Waals surface area contributed by atoms with Crippen molar-refractivity contribution in [2.45, 2.75) is 50.6 Å². The minimum absolute atomic E-state index is 0.103. The molecule has 7 nitrogen and oxygen atoms in total. The highest BCUT2D eigenvalue weighted by atomic mass is 35.5. The van der Waals surface area contributed by atoms with Gasteiger partial charge in [-0.05, 0) is 48.7 Å². The molecule has 0 heterocycles. The van der Waals surface area contributed by atoms with Crippen LogP contribution in [0.25, 0.3) is 0 Å². The second-order valence-corrected chi connectivity index (χ2v) is 12.1. The van der Waals surface area contributed by atoms with Gasteiger partial charge in [-0.25, -0.2) is 8.42 Å². The summed E-state index contributed by atoms with van der Waals surface area (Å²) < 4.78 is 27.5. The van der Waals surface area contributed by atoms with Crippen LogP contribution < -0.4 is 5.32 Å². The number of unbranched alkanes of at least 4 members (excludes halogenated alkanes) is 1. The van der Waals surface area contributed by atoms with E-state index in [0.717, 1.165) is 33.8 Å². The van der Waals surface area contributed by atoms with Crippen molar-refractivity contribution in [1.29, 1.82) is 0 Å². The summed E-state index contributed by atoms with van der Waals surface area (Å²) in [4.78, 5) is 28.9. The molecule has 0 spiro atoms. The van der Waals surface area contributed by atoms with Crippen molar-refractivity contribution in [2.24, 2.45) is 0 Å². The number of carbonyl (C=O) groups excluding carboxylic acids is 2. The van der Waals surface area contributed by atoms with Crippen LogP contribution in [0.3, 0.4) is 0 Å². The van der Waals surface area contributed by atoms with E-state index in [-0.39, 0.29) is 23.8 Å². The first-order valence-corrected chi connectivity index (χ1v) is 14.8. The lowest BCUT2D eigenvalue weighted by Gasteiger charge is -2.32. The molecule has 1 atom stereocenters. The molecule has 1 unspecified atom stereocenters. The van der Waals surface area contributed by atoms with Crippen molar-refractivity contribution in [3.05, 3.63) is 101 Å². The predicted octanol–water partition coefficient (Wildman–Crippen LogP) is 4.83. The lowest BCUT2D eigenvalue weighted by molar-refractivity contribution is -0.141. The van der Waals surface area contributed by atoms with Gasteiger partial charge in [0.2, 0.25) is 21.8 Å². The lowest BCUT2D eigenvalue weighted by Crippen LogP contribution is -2.53. The van der Waals surface area contributed by atoms with Gasteiger partial charge in [-0.2, -0.15) is 4.31 Å². The van der Waals surface area contributed by atoms with Gasteiger partial charge in [-0.3, -0.25) is 9.59 Å². The fourth-order valence-electron chi connectivity index (χ4n) is 4.10. The first kappa shape index (κ1) is 30.3. The van der Waals surface area contributed by atoms with Crippen LogP contribution in [0.5, 0.6) is 0 Å². The fraction of sp³-hybridized carbons (Fsp3) is 0.333. The van der Waals surface area contributed by atoms with Gasteiger partial charge in [0.15, 0.2) is 0 Å². The van der Waals surface area contributed by atoms with Crippen molar-refractivity contribution in [2.75, 3.05) is 20.1 Å². The van der Waals surface area contributed by atoms with Crippen LogP contribution in [-0.2, 0) is 32.6 Å². The molecule has 9 heteroatoms. The number of carbonyl (C=O) groups is 2. The van der Waals surface area contributed by atoms with Crippen LogP contribution in [0.2, 0.25) is 5.02 Å². The molecule has 0 saturated carbocycles. The normalized spacial score (nSPS) is 12.2. The largest absolute Gasteiger partial charge is 0.354 e. The molecule has 0 aliphatic rings. The third-order valence-corrected chi connectivity index (χ3v) is 8.52. The highest BCUT2D eigenvalue weighted by Gasteiger charge is 2.33. The third-order valence-electron chi connectivity index (χ3n) is 6.45. The number of nitrogens with one attached hydrogen (secondary N) is 1. The molecular formula is C30H36ClN3O4S. The summed E-state index contributed by atoms with van der Waals surface area (Å²) in [5.41, 5.74) is 2.60. The Kier molecular flexibility index (Phi) is 11.1. The number of hydrogen-bond acceptors (Lipinski definition) is 4. The van der Waals surface area contributed by atoms with Gasteiger partial charge in [-0.15, -0.1) is 0 Å². The Balaban J connectivity index is 1.94. The first-order chi connectivity index (χ1) is 18.6. The number of amides is 2. The van der Waals surface area contributed by atoms with Gasteiger partial charge < -0.3 is 10.2 Å². The van der Waals surface area contributed by atoms with Crippen LogP contribution in [0.4, 0.5) is 0 Å². The van der Waals surface area contributed by atoms with E-state index in [2.05, 4.69) is 5.32 Å². The SMILES string of the molecule is CCCCNC(=O)C(Cc1ccccc1)N(Cc1ccc(Cl)cc1)C(=O)CN(C)S(=O)(=O)c1ccc(C)cc1. The minimum Gasteiger partial charge on any atom is -0.354 e. The summed E-state index contributed by atoms with van der Waals surface area (Å²) in [7, 11) is -2.54. The van der Waals surface area contributed by atoms with E-state index in [0.29, 0.717) is 11.6 Å². The minimum atomic E-state index is -3.92. The predicted molar refractivity (Wildman–Crippen MR) is 155 cm³/mol. The van der Waals surface area contributed by atoms with Crippen LogP contribution in [0.15, 0.2) is 83.8 Å². The quantitative estimate of drug-likeness (QED) is 0.299. The van der Waals surface area contributed by atoms with Crippen molar-refractivity contribution in [1.82, 2.24) is 14.5 Å². The van der Waals surface area contributed by atoms with Crippen molar-refractivity contribution in [3.63, 3.8) is 0 Å². The molecule has 0 saturated heterocycles. The van der Waals surface area contributed by atoms with Gasteiger partial charge in [0.05, 0.1) is 11.4 Å². The van der Waals surface area contributed by atoms with Crippen LogP contribution in [0, 0.1) is 6.92 Å². The number of nitrogens with zero attached hydrogens (tertiary/aromatic N) is 2. The summed E-state index contributed by atoms with van der Waals surface area (Å²) in [5.74, 6) is -0.756. The van der Waals surface area contributed by atoms with Crippen LogP contribution in [-0.4, -0.2) is 55.6 Å². The van der Waals surface area contributed by atoms with E-state index >= 15 is 0 Å². The van der Waals surface area contributed by atoms with Crippen molar-refractivity contribution in [3.8, 4) is 0 Å². The number of rotatable bonds is 13. The summed E-state index contributed by atoms with van der Waals surface area (Å²) >= 11 is 6.07. The van der Waals surface area contributed by atoms with Gasteiger partial charge in [0.25, 0.3) is 0 Å². The van der Waals surface area contributed by atoms with E-state index < -0.39 is 28.5 Å². The monoisotopic (exact) mass is 569 g/mol. The van der Waals surface area contributed by atoms with Gasteiger partial charge in [0, 0.05) is 31.6 Å². The molecule has 3 aromatic rings. The average Bonchev–Trinajstić information content (AvgIpc) is 2.92. The second kappa shape index (κ2) is 14.3. The van der Waals surface area contributed by atoms with E-state index in [1.165, 1.54) is 24.1 Å². The Bertz CT molecular complexity index is 1330. The van der Waals surface area contributed by atoms with E-state index in [1.54, 1.807) is 36.4 Å². The summed E-state index contributed by atoms with van der Waals surface area (Å²) in [6, 6.07) is 22.1. The number of hydrogen-bond donors (Lipinski definition) is 1. The summed E-state index contributed by atoms with van der Waals surface area (Å²) in [6.07, 6.45) is 2.01. The molecule has 0 fully saturated rings. The van der Waals surface area contributed by atoms with Gasteiger partial charge in [-0.1, -0.05) is 85.1 Å². The molecule has 0 aliphatic carbocycles. The summed E-state index contributed by atoms with van der Waals surface area (Å²) in [6.45, 7) is 4.10. The molecule has 39 heavy (non-hydrogen) atoms. The maximum atomic E-state index is 13.8. The second-order valence-electron chi connectivity index (χ2n) is 9.57. The third kappa shape index (κ3) is 8.65. The Labute approximate surface area is 236 Å². The molecule has 3 rings (SSSR count). The lowest BCUT2D eigenvalue weighted by atomic mass is 10.0. The van der Waals surface area contributed by atoms with Crippen LogP contribution >= 0.6 is 11.6 Å². The maximum Gasteiger partial charge on any atom is 0.243 e. The fourth-order valence-corrected chi connectivity index (χ4v) is 5.35. The maximum absolute atomic E-state index is 13.8. The number of halogens is 1. The van der Waals surface area contributed by atoms with Crippen LogP contribution in [0.1, 0.15) is 36.5 Å². The van der Waals surface area contributed by atoms with Gasteiger partial charge >= 0.3 is 0 Å². The van der Waals surface area contributed by atoms with Crippen molar-refractivity contribution < 1.29 is 18.0 Å². The Morgan fingerprint density at radius 3 is 2.18 bits per heavy atom. The number of benzene rings is 3. The zero-order valence-electron chi connectivity index (χ0n) is 22.6. The number of aryl methyl sites for hydroxylation is 1. The zero-order chi connectivity index (χ0) is 28.4. The highest BCUT2D eigenvalue weighted by molar-refractivity contribution is 7.89. The zero-order valence-corrected chi connectivity index (χ0v) is 24.2. The Morgan fingerprint density at radius 1 is 0.923 bits per heavy atom. The average molecular weight is 570 g/mol. The Hall–Kier alpha value is -3.20. The topological polar surface area (TPSA) is 86.8 Å². The molecular weight excluding hydrogens is 534 g/mol. The molecule has 208 valence electrons.